The molecule has 8 rings (SSSR count). The lowest BCUT2D eigenvalue weighted by molar-refractivity contribution is -0.236. The SMILES string of the molecule is CC(C)(C)NC(=O)[C@@H]1CN(Cc2cccnc2)CCN1C[C@H](C[C@@H](Cc1ccccc1)C(=O)N[C@H]1c2ccccc2C[C@H]1O)OC(=O)NCCCCO[C@@H]1[C@H]2OC(C)(C)O[C@H]2O[C@@H]1[C@H]1COC(C)(C)O1. The molecule has 4 fully saturated rings. The summed E-state index contributed by atoms with van der Waals surface area (Å²) in [6.45, 7) is 16.8. The molecule has 3 aromatic rings. The number of ether oxygens (including phenoxy) is 7. The molecule has 382 valence electrons. The van der Waals surface area contributed by atoms with Gasteiger partial charge in [-0.2, -0.15) is 0 Å². The third kappa shape index (κ3) is 13.7. The summed E-state index contributed by atoms with van der Waals surface area (Å²) in [5, 5.41) is 20.5. The number of carbonyl (C=O) groups is 3. The van der Waals surface area contributed by atoms with Crippen molar-refractivity contribution in [3.8, 4) is 0 Å². The lowest BCUT2D eigenvalue weighted by Gasteiger charge is -2.42. The number of amides is 3. The highest BCUT2D eigenvalue weighted by molar-refractivity contribution is 5.83. The van der Waals surface area contributed by atoms with Crippen LogP contribution in [0.1, 0.15) is 96.0 Å². The van der Waals surface area contributed by atoms with Crippen LogP contribution in [0.25, 0.3) is 0 Å². The largest absolute Gasteiger partial charge is 0.445 e. The number of nitrogens with one attached hydrogen (secondary N) is 3. The number of hydrogen-bond acceptors (Lipinski definition) is 14. The van der Waals surface area contributed by atoms with E-state index in [0.717, 1.165) is 22.3 Å². The Balaban J connectivity index is 0.953. The number of pyridine rings is 1. The molecule has 0 radical (unpaired) electrons. The van der Waals surface area contributed by atoms with E-state index in [1.165, 1.54) is 0 Å². The van der Waals surface area contributed by atoms with Gasteiger partial charge in [0.15, 0.2) is 17.9 Å². The van der Waals surface area contributed by atoms with E-state index >= 15 is 0 Å². The summed E-state index contributed by atoms with van der Waals surface area (Å²) in [5.41, 5.74) is 3.39. The van der Waals surface area contributed by atoms with E-state index in [9.17, 15) is 19.5 Å². The predicted molar refractivity (Wildman–Crippen MR) is 259 cm³/mol. The zero-order valence-electron chi connectivity index (χ0n) is 41.8. The molecule has 5 aliphatic rings. The summed E-state index contributed by atoms with van der Waals surface area (Å²) in [6, 6.07) is 20.3. The maximum atomic E-state index is 14.6. The van der Waals surface area contributed by atoms with Gasteiger partial charge in [0.2, 0.25) is 11.8 Å². The van der Waals surface area contributed by atoms with Crippen LogP contribution in [-0.2, 0) is 62.1 Å². The first-order chi connectivity index (χ1) is 33.4. The summed E-state index contributed by atoms with van der Waals surface area (Å²) in [6.07, 6.45) is 1.27. The van der Waals surface area contributed by atoms with Crippen molar-refractivity contribution in [1.82, 2.24) is 30.7 Å². The van der Waals surface area contributed by atoms with Crippen molar-refractivity contribution in [2.75, 3.05) is 45.9 Å². The molecule has 5 heterocycles. The second-order valence-corrected chi connectivity index (χ2v) is 21.4. The molecule has 17 nitrogen and oxygen atoms in total. The van der Waals surface area contributed by atoms with Gasteiger partial charge in [0.05, 0.1) is 18.8 Å². The van der Waals surface area contributed by atoms with Gasteiger partial charge in [-0.3, -0.25) is 24.4 Å². The second-order valence-electron chi connectivity index (χ2n) is 21.4. The number of unbranched alkanes of at least 4 members (excludes halogenated alkanes) is 1. The Hall–Kier alpha value is -4.56. The molecule has 2 aromatic carbocycles. The van der Waals surface area contributed by atoms with Gasteiger partial charge in [-0.1, -0.05) is 60.7 Å². The fraction of sp³-hybridized carbons (Fsp3) is 0.623. The van der Waals surface area contributed by atoms with Crippen LogP contribution in [0.3, 0.4) is 0 Å². The zero-order valence-corrected chi connectivity index (χ0v) is 41.8. The van der Waals surface area contributed by atoms with Gasteiger partial charge in [0.25, 0.3) is 0 Å². The van der Waals surface area contributed by atoms with E-state index in [1.54, 1.807) is 6.20 Å². The fourth-order valence-corrected chi connectivity index (χ4v) is 10.3. The van der Waals surface area contributed by atoms with Gasteiger partial charge in [0.1, 0.15) is 36.6 Å². The second kappa shape index (κ2) is 22.5. The maximum absolute atomic E-state index is 14.6. The molecule has 0 spiro atoms. The van der Waals surface area contributed by atoms with Crippen LogP contribution in [0.4, 0.5) is 4.79 Å². The number of nitrogens with zero attached hydrogens (tertiary/aromatic N) is 3. The van der Waals surface area contributed by atoms with Crippen molar-refractivity contribution in [3.05, 3.63) is 101 Å². The molecule has 3 amide bonds. The Bertz CT molecular complexity index is 2210. The summed E-state index contributed by atoms with van der Waals surface area (Å²) in [7, 11) is 0. The van der Waals surface area contributed by atoms with Gasteiger partial charge < -0.3 is 54.2 Å². The van der Waals surface area contributed by atoms with E-state index in [2.05, 4.69) is 30.7 Å². The highest BCUT2D eigenvalue weighted by atomic mass is 16.8. The zero-order chi connectivity index (χ0) is 49.6. The lowest BCUT2D eigenvalue weighted by atomic mass is 9.91. The van der Waals surface area contributed by atoms with Crippen LogP contribution in [0.15, 0.2) is 79.1 Å². The van der Waals surface area contributed by atoms with Crippen LogP contribution < -0.4 is 16.0 Å². The Morgan fingerprint density at radius 3 is 2.43 bits per heavy atom. The first kappa shape index (κ1) is 51.8. The van der Waals surface area contributed by atoms with Crippen LogP contribution >= 0.6 is 0 Å². The number of carbonyl (C=O) groups excluding carboxylic acids is 3. The van der Waals surface area contributed by atoms with Crippen molar-refractivity contribution >= 4 is 17.9 Å². The fourth-order valence-electron chi connectivity index (χ4n) is 10.3. The number of alkyl carbamates (subject to hydrolysis) is 1. The molecule has 4 N–H and O–H groups in total. The Morgan fingerprint density at radius 2 is 1.69 bits per heavy atom. The molecule has 4 saturated heterocycles. The first-order valence-corrected chi connectivity index (χ1v) is 25.0. The summed E-state index contributed by atoms with van der Waals surface area (Å²) in [5.74, 6) is -2.59. The Labute approximate surface area is 412 Å². The van der Waals surface area contributed by atoms with Gasteiger partial charge in [-0.15, -0.1) is 0 Å². The van der Waals surface area contributed by atoms with Crippen molar-refractivity contribution in [2.24, 2.45) is 5.92 Å². The van der Waals surface area contributed by atoms with Crippen LogP contribution in [0, 0.1) is 5.92 Å². The van der Waals surface area contributed by atoms with Crippen LogP contribution in [0.2, 0.25) is 0 Å². The Morgan fingerprint density at radius 1 is 0.914 bits per heavy atom. The average molecular weight is 971 g/mol. The minimum Gasteiger partial charge on any atom is -0.445 e. The smallest absolute Gasteiger partial charge is 0.407 e. The van der Waals surface area contributed by atoms with Gasteiger partial charge in [0, 0.05) is 76.1 Å². The maximum Gasteiger partial charge on any atom is 0.407 e. The van der Waals surface area contributed by atoms with Crippen LogP contribution in [-0.4, -0.2) is 150 Å². The van der Waals surface area contributed by atoms with E-state index in [-0.39, 0.29) is 30.9 Å². The summed E-state index contributed by atoms with van der Waals surface area (Å²) < 4.78 is 43.3. The van der Waals surface area contributed by atoms with Crippen molar-refractivity contribution in [3.63, 3.8) is 0 Å². The van der Waals surface area contributed by atoms with Crippen LogP contribution in [0.5, 0.6) is 0 Å². The third-order valence-corrected chi connectivity index (χ3v) is 13.5. The molecule has 1 aromatic heterocycles. The molecule has 17 heteroatoms. The van der Waals surface area contributed by atoms with E-state index in [0.29, 0.717) is 71.6 Å². The van der Waals surface area contributed by atoms with Gasteiger partial charge in [-0.25, -0.2) is 4.79 Å². The van der Waals surface area contributed by atoms with Crippen molar-refractivity contribution in [2.45, 2.75) is 159 Å². The molecule has 1 aliphatic carbocycles. The monoisotopic (exact) mass is 971 g/mol. The predicted octanol–water partition coefficient (Wildman–Crippen LogP) is 4.79. The quantitative estimate of drug-likeness (QED) is 0.120. The minimum absolute atomic E-state index is 0.129. The van der Waals surface area contributed by atoms with Gasteiger partial charge in [-0.05, 0) is 102 Å². The molecule has 10 atom stereocenters. The highest BCUT2D eigenvalue weighted by Crippen LogP contribution is 2.42. The highest BCUT2D eigenvalue weighted by Gasteiger charge is 2.59. The first-order valence-electron chi connectivity index (χ1n) is 25.0. The number of fused-ring (bicyclic) bond motifs is 2. The molecule has 0 unspecified atom stereocenters. The summed E-state index contributed by atoms with van der Waals surface area (Å²) >= 11 is 0. The molecule has 0 bridgehead atoms. The number of aliphatic hydroxyl groups excluding tert-OH is 1. The third-order valence-electron chi connectivity index (χ3n) is 13.5. The molecular formula is C53H74N6O11. The summed E-state index contributed by atoms with van der Waals surface area (Å²) in [4.78, 5) is 51.3. The molecular weight excluding hydrogens is 897 g/mol. The Kier molecular flexibility index (Phi) is 16.6. The van der Waals surface area contributed by atoms with Crippen molar-refractivity contribution in [1.29, 1.82) is 0 Å². The van der Waals surface area contributed by atoms with E-state index in [4.69, 9.17) is 33.2 Å². The normalized spacial score (nSPS) is 28.1. The van der Waals surface area contributed by atoms with Gasteiger partial charge >= 0.3 is 6.09 Å². The molecule has 4 aliphatic heterocycles. The minimum atomic E-state index is -0.819. The topological polar surface area (TPSA) is 192 Å². The molecule has 70 heavy (non-hydrogen) atoms. The number of aliphatic hydroxyl groups is 1. The number of aromatic nitrogens is 1. The lowest BCUT2D eigenvalue weighted by Crippen LogP contribution is -2.62. The average Bonchev–Trinajstić information content (AvgIpc) is 4.02. The van der Waals surface area contributed by atoms with E-state index < -0.39 is 78.0 Å². The number of hydrogen-bond donors (Lipinski definition) is 4. The number of benzene rings is 2. The number of piperazine rings is 1. The molecule has 0 saturated carbocycles. The van der Waals surface area contributed by atoms with E-state index in [1.807, 2.05) is 121 Å². The van der Waals surface area contributed by atoms with Crippen molar-refractivity contribution < 1.29 is 52.6 Å². The standard InChI is InChI=1S/C53H74N6O11/c1-51(2,3)57-48(62)40-32-58(30-35-18-15-21-54-29-35)23-24-59(40)31-38(27-37(26-34-16-9-8-10-17-34)47(61)56-43-39-20-12-11-19-36(39)28-41(43)60)66-50(63)55-22-13-14-25-64-45-44(42-33-65-52(4,5)68-42)67-49-46(45)69-53(6,7)70-49/h8-12,15-21,29,37-38,40-46,49,60H,13-14,22-28,30-33H2,1-7H3,(H,55,63)(H,56,61)(H,57,62)/t37-,38+,40+,41-,42-,43+,44-,45+,46-,49-/m1/s1. The number of rotatable bonds is 19.